The fourth-order valence-electron chi connectivity index (χ4n) is 4.39. The molecule has 4 unspecified atom stereocenters. The topological polar surface area (TPSA) is 38.0 Å². The number of hydrogen-bond donors (Lipinski definition) is 2. The molecular formula is C17H25ClN2. The van der Waals surface area contributed by atoms with Crippen LogP contribution in [0.1, 0.15) is 56.6 Å². The van der Waals surface area contributed by atoms with E-state index in [0.717, 1.165) is 16.9 Å². The van der Waals surface area contributed by atoms with Crippen LogP contribution in [-0.4, -0.2) is 0 Å². The average molecular weight is 293 g/mol. The first kappa shape index (κ1) is 14.4. The molecule has 2 aliphatic carbocycles. The summed E-state index contributed by atoms with van der Waals surface area (Å²) < 4.78 is 0. The van der Waals surface area contributed by atoms with Crippen LogP contribution in [0, 0.1) is 17.8 Å². The number of halogens is 1. The molecule has 0 spiro atoms. The second-order valence-corrected chi connectivity index (χ2v) is 7.01. The molecular weight excluding hydrogens is 268 g/mol. The standard InChI is InChI=1S/C17H25ClN2/c18-16-9-7-13(8-10-16)17(20-19)15-6-5-12-3-1-2-4-14(12)11-15/h7-10,12,14-15,17,20H,1-6,11,19H2. The number of nitrogens with one attached hydrogen (secondary N) is 1. The van der Waals surface area contributed by atoms with Crippen molar-refractivity contribution in [3.63, 3.8) is 0 Å². The minimum Gasteiger partial charge on any atom is -0.271 e. The zero-order valence-corrected chi connectivity index (χ0v) is 12.8. The van der Waals surface area contributed by atoms with Crippen LogP contribution in [0.3, 0.4) is 0 Å². The highest BCUT2D eigenvalue weighted by Gasteiger charge is 2.35. The molecule has 0 amide bonds. The summed E-state index contributed by atoms with van der Waals surface area (Å²) in [7, 11) is 0. The molecule has 0 aliphatic heterocycles. The summed E-state index contributed by atoms with van der Waals surface area (Å²) in [5, 5.41) is 0.792. The van der Waals surface area contributed by atoms with Crippen molar-refractivity contribution >= 4 is 11.6 Å². The van der Waals surface area contributed by atoms with Crippen molar-refractivity contribution in [2.24, 2.45) is 23.6 Å². The molecule has 110 valence electrons. The van der Waals surface area contributed by atoms with Gasteiger partial charge in [-0.2, -0.15) is 0 Å². The lowest BCUT2D eigenvalue weighted by Gasteiger charge is -2.42. The summed E-state index contributed by atoms with van der Waals surface area (Å²) in [6.45, 7) is 0. The SMILES string of the molecule is NNC(c1ccc(Cl)cc1)C1CCC2CCCCC2C1. The lowest BCUT2D eigenvalue weighted by molar-refractivity contribution is 0.109. The first-order valence-corrected chi connectivity index (χ1v) is 8.37. The van der Waals surface area contributed by atoms with Crippen LogP contribution < -0.4 is 11.3 Å². The molecule has 1 aromatic rings. The maximum atomic E-state index is 5.98. The predicted molar refractivity (Wildman–Crippen MR) is 84.3 cm³/mol. The molecule has 3 N–H and O–H groups in total. The van der Waals surface area contributed by atoms with Crippen LogP contribution >= 0.6 is 11.6 Å². The van der Waals surface area contributed by atoms with Gasteiger partial charge < -0.3 is 0 Å². The Morgan fingerprint density at radius 3 is 2.40 bits per heavy atom. The molecule has 3 rings (SSSR count). The Balaban J connectivity index is 1.71. The van der Waals surface area contributed by atoms with Crippen molar-refractivity contribution in [2.45, 2.75) is 51.0 Å². The van der Waals surface area contributed by atoms with Crippen LogP contribution in [0.2, 0.25) is 5.02 Å². The zero-order valence-electron chi connectivity index (χ0n) is 12.0. The minimum atomic E-state index is 0.273. The normalized spacial score (nSPS) is 31.6. The Bertz CT molecular complexity index is 431. The van der Waals surface area contributed by atoms with E-state index in [2.05, 4.69) is 17.6 Å². The zero-order chi connectivity index (χ0) is 13.9. The largest absolute Gasteiger partial charge is 0.271 e. The van der Waals surface area contributed by atoms with E-state index in [9.17, 15) is 0 Å². The Morgan fingerprint density at radius 1 is 1.00 bits per heavy atom. The molecule has 3 heteroatoms. The van der Waals surface area contributed by atoms with E-state index in [-0.39, 0.29) is 6.04 Å². The second kappa shape index (κ2) is 6.46. The maximum Gasteiger partial charge on any atom is 0.0488 e. The molecule has 0 bridgehead atoms. The van der Waals surface area contributed by atoms with Gasteiger partial charge in [0.05, 0.1) is 0 Å². The molecule has 1 aromatic carbocycles. The predicted octanol–water partition coefficient (Wildman–Crippen LogP) is 4.45. The monoisotopic (exact) mass is 292 g/mol. The van der Waals surface area contributed by atoms with Gasteiger partial charge in [-0.25, -0.2) is 0 Å². The van der Waals surface area contributed by atoms with E-state index in [0.29, 0.717) is 5.92 Å². The summed E-state index contributed by atoms with van der Waals surface area (Å²) in [6.07, 6.45) is 9.79. The number of benzene rings is 1. The van der Waals surface area contributed by atoms with Crippen LogP contribution in [0.4, 0.5) is 0 Å². The van der Waals surface area contributed by atoms with E-state index in [1.807, 2.05) is 12.1 Å². The third-order valence-corrected chi connectivity index (χ3v) is 5.71. The molecule has 0 radical (unpaired) electrons. The van der Waals surface area contributed by atoms with Crippen LogP contribution in [0.15, 0.2) is 24.3 Å². The Hall–Kier alpha value is -0.570. The quantitative estimate of drug-likeness (QED) is 0.638. The lowest BCUT2D eigenvalue weighted by atomic mass is 9.65. The number of rotatable bonds is 3. The first-order chi connectivity index (χ1) is 9.78. The third kappa shape index (κ3) is 3.03. The summed E-state index contributed by atoms with van der Waals surface area (Å²) in [5.41, 5.74) is 4.33. The van der Waals surface area contributed by atoms with E-state index >= 15 is 0 Å². The van der Waals surface area contributed by atoms with Crippen LogP contribution in [0.5, 0.6) is 0 Å². The Kier molecular flexibility index (Phi) is 4.65. The van der Waals surface area contributed by atoms with Gasteiger partial charge in [-0.3, -0.25) is 11.3 Å². The number of fused-ring (bicyclic) bond motifs is 1. The van der Waals surface area contributed by atoms with Gasteiger partial charge in [0.2, 0.25) is 0 Å². The number of hydrogen-bond acceptors (Lipinski definition) is 2. The van der Waals surface area contributed by atoms with Crippen molar-refractivity contribution in [3.8, 4) is 0 Å². The fourth-order valence-corrected chi connectivity index (χ4v) is 4.51. The molecule has 0 aromatic heterocycles. The van der Waals surface area contributed by atoms with Gasteiger partial charge in [-0.1, -0.05) is 49.4 Å². The molecule has 20 heavy (non-hydrogen) atoms. The smallest absolute Gasteiger partial charge is 0.0488 e. The van der Waals surface area contributed by atoms with Gasteiger partial charge in [0, 0.05) is 11.1 Å². The molecule has 2 fully saturated rings. The van der Waals surface area contributed by atoms with E-state index in [1.54, 1.807) is 0 Å². The van der Waals surface area contributed by atoms with Gasteiger partial charge in [0.15, 0.2) is 0 Å². The lowest BCUT2D eigenvalue weighted by Crippen LogP contribution is -2.38. The van der Waals surface area contributed by atoms with Crippen LogP contribution in [0.25, 0.3) is 0 Å². The molecule has 4 atom stereocenters. The van der Waals surface area contributed by atoms with E-state index in [1.165, 1.54) is 50.5 Å². The first-order valence-electron chi connectivity index (χ1n) is 7.99. The van der Waals surface area contributed by atoms with Crippen molar-refractivity contribution in [2.75, 3.05) is 0 Å². The molecule has 2 nitrogen and oxygen atoms in total. The summed E-state index contributed by atoms with van der Waals surface area (Å²) >= 11 is 5.98. The second-order valence-electron chi connectivity index (χ2n) is 6.57. The summed E-state index contributed by atoms with van der Waals surface area (Å²) in [5.74, 6) is 8.45. The minimum absolute atomic E-state index is 0.273. The highest BCUT2D eigenvalue weighted by atomic mass is 35.5. The van der Waals surface area contributed by atoms with Gasteiger partial charge in [0.1, 0.15) is 0 Å². The highest BCUT2D eigenvalue weighted by Crippen LogP contribution is 2.46. The van der Waals surface area contributed by atoms with Gasteiger partial charge in [-0.15, -0.1) is 0 Å². The molecule has 0 saturated heterocycles. The summed E-state index contributed by atoms with van der Waals surface area (Å²) in [6, 6.07) is 8.43. The number of hydrazine groups is 1. The number of nitrogens with two attached hydrogens (primary N) is 1. The van der Waals surface area contributed by atoms with Crippen LogP contribution in [-0.2, 0) is 0 Å². The van der Waals surface area contributed by atoms with E-state index in [4.69, 9.17) is 17.4 Å². The van der Waals surface area contributed by atoms with Gasteiger partial charge >= 0.3 is 0 Å². The van der Waals surface area contributed by atoms with Crippen molar-refractivity contribution < 1.29 is 0 Å². The summed E-state index contributed by atoms with van der Waals surface area (Å²) in [4.78, 5) is 0. The van der Waals surface area contributed by atoms with Gasteiger partial charge in [-0.05, 0) is 54.7 Å². The average Bonchev–Trinajstić information content (AvgIpc) is 2.50. The fraction of sp³-hybridized carbons (Fsp3) is 0.647. The Labute approximate surface area is 127 Å². The van der Waals surface area contributed by atoms with E-state index < -0.39 is 0 Å². The molecule has 2 aliphatic rings. The van der Waals surface area contributed by atoms with Gasteiger partial charge in [0.25, 0.3) is 0 Å². The maximum absolute atomic E-state index is 5.98. The van der Waals surface area contributed by atoms with Crippen molar-refractivity contribution in [1.82, 2.24) is 5.43 Å². The third-order valence-electron chi connectivity index (χ3n) is 5.46. The molecule has 0 heterocycles. The molecule has 2 saturated carbocycles. The van der Waals surface area contributed by atoms with Crippen molar-refractivity contribution in [1.29, 1.82) is 0 Å². The highest BCUT2D eigenvalue weighted by molar-refractivity contribution is 6.30. The van der Waals surface area contributed by atoms with Crippen molar-refractivity contribution in [3.05, 3.63) is 34.9 Å². The Morgan fingerprint density at radius 2 is 1.70 bits per heavy atom.